The van der Waals surface area contributed by atoms with Gasteiger partial charge < -0.3 is 10.5 Å². The van der Waals surface area contributed by atoms with Gasteiger partial charge >= 0.3 is 0 Å². The number of hydrogen-bond acceptors (Lipinski definition) is 3. The zero-order valence-corrected chi connectivity index (χ0v) is 10.9. The molecule has 2 N–H and O–H groups in total. The minimum atomic E-state index is 0.0553. The molecule has 1 atom stereocenters. The minimum Gasteiger partial charge on any atom is -0.455 e. The summed E-state index contributed by atoms with van der Waals surface area (Å²) in [6.45, 7) is 1.95. The monoisotopic (exact) mass is 262 g/mol. The Morgan fingerprint density at radius 1 is 1.39 bits per heavy atom. The van der Waals surface area contributed by atoms with Gasteiger partial charge in [0.05, 0.1) is 6.20 Å². The molecule has 2 rings (SSSR count). The van der Waals surface area contributed by atoms with Crippen LogP contribution >= 0.6 is 11.6 Å². The number of pyridine rings is 1. The summed E-state index contributed by atoms with van der Waals surface area (Å²) in [6.07, 6.45) is 4.10. The van der Waals surface area contributed by atoms with Crippen LogP contribution in [0.15, 0.2) is 42.7 Å². The van der Waals surface area contributed by atoms with Gasteiger partial charge in [0.1, 0.15) is 11.5 Å². The van der Waals surface area contributed by atoms with Crippen molar-refractivity contribution in [2.45, 2.75) is 19.4 Å². The first-order valence-electron chi connectivity index (χ1n) is 5.77. The van der Waals surface area contributed by atoms with Crippen molar-refractivity contribution in [1.29, 1.82) is 0 Å². The molecule has 18 heavy (non-hydrogen) atoms. The van der Waals surface area contributed by atoms with Crippen LogP contribution in [0.25, 0.3) is 0 Å². The third-order valence-corrected chi connectivity index (χ3v) is 2.66. The lowest BCUT2D eigenvalue weighted by Crippen LogP contribution is -2.18. The quantitative estimate of drug-likeness (QED) is 0.918. The SMILES string of the molecule is CC(N)Cc1cc(Cl)ccc1Oc1cccnc1. The average Bonchev–Trinajstić information content (AvgIpc) is 2.33. The fraction of sp³-hybridized carbons (Fsp3) is 0.214. The Bertz CT molecular complexity index is 514. The predicted octanol–water partition coefficient (Wildman–Crippen LogP) is 3.42. The van der Waals surface area contributed by atoms with E-state index in [1.165, 1.54) is 0 Å². The Morgan fingerprint density at radius 3 is 2.89 bits per heavy atom. The van der Waals surface area contributed by atoms with Gasteiger partial charge in [0, 0.05) is 17.3 Å². The van der Waals surface area contributed by atoms with Crippen molar-refractivity contribution >= 4 is 11.6 Å². The van der Waals surface area contributed by atoms with Gasteiger partial charge in [0.2, 0.25) is 0 Å². The predicted molar refractivity (Wildman–Crippen MR) is 73.1 cm³/mol. The molecule has 0 amide bonds. The number of hydrogen-bond donors (Lipinski definition) is 1. The Labute approximate surface area is 112 Å². The van der Waals surface area contributed by atoms with Crippen molar-refractivity contribution in [2.24, 2.45) is 5.73 Å². The number of nitrogens with zero attached hydrogens (tertiary/aromatic N) is 1. The smallest absolute Gasteiger partial charge is 0.145 e. The Kier molecular flexibility index (Phi) is 4.18. The fourth-order valence-corrected chi connectivity index (χ4v) is 1.88. The molecule has 2 aromatic rings. The first kappa shape index (κ1) is 12.9. The lowest BCUT2D eigenvalue weighted by atomic mass is 10.1. The van der Waals surface area contributed by atoms with Gasteiger partial charge in [-0.3, -0.25) is 4.98 Å². The summed E-state index contributed by atoms with van der Waals surface area (Å²) < 4.78 is 5.79. The number of ether oxygens (including phenoxy) is 1. The van der Waals surface area contributed by atoms with E-state index < -0.39 is 0 Å². The van der Waals surface area contributed by atoms with Gasteiger partial charge in [-0.05, 0) is 49.2 Å². The van der Waals surface area contributed by atoms with Crippen LogP contribution in [0.2, 0.25) is 5.02 Å². The van der Waals surface area contributed by atoms with Gasteiger partial charge in [-0.2, -0.15) is 0 Å². The first-order chi connectivity index (χ1) is 8.65. The lowest BCUT2D eigenvalue weighted by molar-refractivity contribution is 0.471. The highest BCUT2D eigenvalue weighted by Crippen LogP contribution is 2.28. The van der Waals surface area contributed by atoms with E-state index in [1.807, 2.05) is 31.2 Å². The van der Waals surface area contributed by atoms with E-state index in [-0.39, 0.29) is 6.04 Å². The molecule has 0 spiro atoms. The number of benzene rings is 1. The standard InChI is InChI=1S/C14H15ClN2O/c1-10(16)7-11-8-12(15)4-5-14(11)18-13-3-2-6-17-9-13/h2-6,8-10H,7,16H2,1H3. The molecule has 1 heterocycles. The van der Waals surface area contributed by atoms with Crippen molar-refractivity contribution < 1.29 is 4.74 Å². The molecule has 0 bridgehead atoms. The summed E-state index contributed by atoms with van der Waals surface area (Å²) in [6, 6.07) is 9.29. The van der Waals surface area contributed by atoms with E-state index >= 15 is 0 Å². The van der Waals surface area contributed by atoms with Crippen molar-refractivity contribution in [3.63, 3.8) is 0 Å². The van der Waals surface area contributed by atoms with Crippen LogP contribution in [0.5, 0.6) is 11.5 Å². The largest absolute Gasteiger partial charge is 0.455 e. The Morgan fingerprint density at radius 2 is 2.22 bits per heavy atom. The topological polar surface area (TPSA) is 48.1 Å². The summed E-state index contributed by atoms with van der Waals surface area (Å²) in [5.41, 5.74) is 6.83. The number of nitrogens with two attached hydrogens (primary N) is 1. The zero-order chi connectivity index (χ0) is 13.0. The van der Waals surface area contributed by atoms with E-state index in [0.717, 1.165) is 17.7 Å². The summed E-state index contributed by atoms with van der Waals surface area (Å²) in [7, 11) is 0. The van der Waals surface area contributed by atoms with Crippen molar-refractivity contribution in [2.75, 3.05) is 0 Å². The molecule has 0 aliphatic heterocycles. The van der Waals surface area contributed by atoms with E-state index in [4.69, 9.17) is 22.1 Å². The zero-order valence-electron chi connectivity index (χ0n) is 10.1. The highest BCUT2D eigenvalue weighted by atomic mass is 35.5. The number of halogens is 1. The highest BCUT2D eigenvalue weighted by Gasteiger charge is 2.08. The molecule has 1 aromatic heterocycles. The number of rotatable bonds is 4. The van der Waals surface area contributed by atoms with Crippen molar-refractivity contribution in [3.8, 4) is 11.5 Å². The van der Waals surface area contributed by atoms with Crippen LogP contribution in [-0.2, 0) is 6.42 Å². The summed E-state index contributed by atoms with van der Waals surface area (Å²) in [5, 5.41) is 0.684. The lowest BCUT2D eigenvalue weighted by Gasteiger charge is -2.13. The average molecular weight is 263 g/mol. The molecule has 0 radical (unpaired) electrons. The molecule has 0 fully saturated rings. The van der Waals surface area contributed by atoms with Crippen LogP contribution in [0.1, 0.15) is 12.5 Å². The maximum Gasteiger partial charge on any atom is 0.145 e. The van der Waals surface area contributed by atoms with Crippen LogP contribution < -0.4 is 10.5 Å². The van der Waals surface area contributed by atoms with E-state index in [9.17, 15) is 0 Å². The fourth-order valence-electron chi connectivity index (χ4n) is 1.69. The molecule has 94 valence electrons. The molecule has 1 unspecified atom stereocenters. The molecular formula is C14H15ClN2O. The summed E-state index contributed by atoms with van der Waals surface area (Å²) in [5.74, 6) is 1.47. The van der Waals surface area contributed by atoms with Gasteiger partial charge in [0.25, 0.3) is 0 Å². The molecule has 3 nitrogen and oxygen atoms in total. The number of aromatic nitrogens is 1. The molecule has 0 saturated heterocycles. The van der Waals surface area contributed by atoms with Gasteiger partial charge in [-0.1, -0.05) is 11.6 Å². The van der Waals surface area contributed by atoms with Crippen molar-refractivity contribution in [1.82, 2.24) is 4.98 Å². The van der Waals surface area contributed by atoms with Crippen LogP contribution in [0.3, 0.4) is 0 Å². The van der Waals surface area contributed by atoms with Gasteiger partial charge in [-0.25, -0.2) is 0 Å². The minimum absolute atomic E-state index is 0.0553. The highest BCUT2D eigenvalue weighted by molar-refractivity contribution is 6.30. The van der Waals surface area contributed by atoms with Crippen LogP contribution in [0, 0.1) is 0 Å². The van der Waals surface area contributed by atoms with E-state index in [0.29, 0.717) is 10.8 Å². The molecule has 4 heteroatoms. The second-order valence-corrected chi connectivity index (χ2v) is 4.66. The van der Waals surface area contributed by atoms with E-state index in [2.05, 4.69) is 4.98 Å². The maximum absolute atomic E-state index is 5.99. The molecule has 1 aromatic carbocycles. The maximum atomic E-state index is 5.99. The first-order valence-corrected chi connectivity index (χ1v) is 6.15. The van der Waals surface area contributed by atoms with E-state index in [1.54, 1.807) is 18.5 Å². The van der Waals surface area contributed by atoms with Crippen molar-refractivity contribution in [3.05, 3.63) is 53.3 Å². The summed E-state index contributed by atoms with van der Waals surface area (Å²) in [4.78, 5) is 4.01. The van der Waals surface area contributed by atoms with Crippen LogP contribution in [-0.4, -0.2) is 11.0 Å². The van der Waals surface area contributed by atoms with Gasteiger partial charge in [-0.15, -0.1) is 0 Å². The third-order valence-electron chi connectivity index (χ3n) is 2.43. The third kappa shape index (κ3) is 3.45. The Hall–Kier alpha value is -1.58. The molecule has 0 aliphatic carbocycles. The second-order valence-electron chi connectivity index (χ2n) is 4.22. The second kappa shape index (κ2) is 5.85. The van der Waals surface area contributed by atoms with Gasteiger partial charge in [0.15, 0.2) is 0 Å². The normalized spacial score (nSPS) is 12.2. The Balaban J connectivity index is 2.26. The molecule has 0 saturated carbocycles. The van der Waals surface area contributed by atoms with Crippen LogP contribution in [0.4, 0.5) is 0 Å². The molecule has 0 aliphatic rings. The molecular weight excluding hydrogens is 248 g/mol. The summed E-state index contributed by atoms with van der Waals surface area (Å²) >= 11 is 5.99.